The Kier molecular flexibility index (Phi) is 30.9. The van der Waals surface area contributed by atoms with Crippen LogP contribution in [0.15, 0.2) is 12.2 Å². The van der Waals surface area contributed by atoms with E-state index in [2.05, 4.69) is 30.5 Å². The second-order valence-corrected chi connectivity index (χ2v) is 13.4. The minimum atomic E-state index is -4.74. The Bertz CT molecular complexity index is 736. The first-order valence-electron chi connectivity index (χ1n) is 18.0. The molecule has 2 N–H and O–H groups in total. The van der Waals surface area contributed by atoms with Crippen LogP contribution in [0.3, 0.4) is 0 Å². The minimum absolute atomic E-state index is 0.213. The Hall–Kier alpha value is -1.21. The molecule has 0 aliphatic heterocycles. The van der Waals surface area contributed by atoms with Crippen LogP contribution in [-0.4, -0.2) is 41.0 Å². The highest BCUT2D eigenvalue weighted by Gasteiger charge is 2.22. The molecular formula is C35H67O8P. The summed E-state index contributed by atoms with van der Waals surface area (Å²) in [7, 11) is -4.74. The molecule has 0 spiro atoms. The van der Waals surface area contributed by atoms with Gasteiger partial charge in [-0.2, -0.15) is 0 Å². The van der Waals surface area contributed by atoms with Crippen molar-refractivity contribution < 1.29 is 37.9 Å². The number of ether oxygens (including phenoxy) is 2. The normalized spacial score (nSPS) is 12.5. The number of hydrogen-bond acceptors (Lipinski definition) is 6. The number of hydrogen-bond donors (Lipinski definition) is 2. The van der Waals surface area contributed by atoms with Crippen molar-refractivity contribution in [2.75, 3.05) is 13.2 Å². The van der Waals surface area contributed by atoms with Crippen molar-refractivity contribution in [2.24, 2.45) is 0 Å². The highest BCUT2D eigenvalue weighted by Crippen LogP contribution is 2.36. The van der Waals surface area contributed by atoms with Gasteiger partial charge in [-0.3, -0.25) is 14.1 Å². The fraction of sp³-hybridized carbons (Fsp3) is 0.886. The minimum Gasteiger partial charge on any atom is -0.462 e. The molecule has 8 nitrogen and oxygen atoms in total. The number of phosphoric acid groups is 1. The monoisotopic (exact) mass is 646 g/mol. The van der Waals surface area contributed by atoms with Gasteiger partial charge in [0.2, 0.25) is 0 Å². The van der Waals surface area contributed by atoms with E-state index in [0.717, 1.165) is 44.9 Å². The Balaban J connectivity index is 3.87. The molecule has 9 heteroatoms. The van der Waals surface area contributed by atoms with E-state index in [1.165, 1.54) is 103 Å². The smallest absolute Gasteiger partial charge is 0.462 e. The molecule has 0 aromatic heterocycles. The zero-order valence-electron chi connectivity index (χ0n) is 28.3. The predicted octanol–water partition coefficient (Wildman–Crippen LogP) is 10.3. The second-order valence-electron chi connectivity index (χ2n) is 12.2. The first-order valence-corrected chi connectivity index (χ1v) is 19.5. The molecule has 0 aliphatic carbocycles. The van der Waals surface area contributed by atoms with E-state index in [1.807, 2.05) is 0 Å². The molecule has 1 atom stereocenters. The number of phosphoric ester groups is 1. The van der Waals surface area contributed by atoms with Crippen LogP contribution in [0.2, 0.25) is 0 Å². The van der Waals surface area contributed by atoms with E-state index < -0.39 is 32.5 Å². The van der Waals surface area contributed by atoms with E-state index in [9.17, 15) is 14.2 Å². The quantitative estimate of drug-likeness (QED) is 0.0313. The van der Waals surface area contributed by atoms with Gasteiger partial charge in [-0.25, -0.2) is 4.57 Å². The lowest BCUT2D eigenvalue weighted by Crippen LogP contribution is -2.29. The van der Waals surface area contributed by atoms with Gasteiger partial charge in [-0.15, -0.1) is 0 Å². The van der Waals surface area contributed by atoms with Gasteiger partial charge in [0, 0.05) is 12.8 Å². The van der Waals surface area contributed by atoms with Crippen LogP contribution in [0.25, 0.3) is 0 Å². The van der Waals surface area contributed by atoms with Gasteiger partial charge in [0.15, 0.2) is 6.10 Å². The molecule has 1 unspecified atom stereocenters. The maximum Gasteiger partial charge on any atom is 0.469 e. The number of carbonyl (C=O) groups excluding carboxylic acids is 2. The standard InChI is InChI=1S/C35H67O8P/c1-3-5-7-9-11-12-13-14-15-16-17-18-19-20-21-22-24-26-28-30-35(37)43-33(32-42-44(38,39)40)31-41-34(36)29-27-25-23-10-8-6-4-2/h14-15,33H,3-13,16-32H2,1-2H3,(H2,38,39,40)/b15-14-. The molecule has 0 heterocycles. The Morgan fingerprint density at radius 3 is 1.39 bits per heavy atom. The Morgan fingerprint density at radius 1 is 0.568 bits per heavy atom. The molecule has 0 amide bonds. The van der Waals surface area contributed by atoms with Crippen LogP contribution in [-0.2, 0) is 28.2 Å². The molecule has 0 aliphatic rings. The van der Waals surface area contributed by atoms with Crippen molar-refractivity contribution in [1.29, 1.82) is 0 Å². The summed E-state index contributed by atoms with van der Waals surface area (Å²) in [6.07, 6.45) is 32.4. The van der Waals surface area contributed by atoms with Gasteiger partial charge in [0.1, 0.15) is 6.61 Å². The van der Waals surface area contributed by atoms with Crippen LogP contribution >= 0.6 is 7.82 Å². The zero-order valence-corrected chi connectivity index (χ0v) is 29.2. The molecule has 44 heavy (non-hydrogen) atoms. The zero-order chi connectivity index (χ0) is 32.6. The lowest BCUT2D eigenvalue weighted by molar-refractivity contribution is -0.161. The van der Waals surface area contributed by atoms with Gasteiger partial charge in [0.25, 0.3) is 0 Å². The van der Waals surface area contributed by atoms with E-state index >= 15 is 0 Å². The molecule has 0 saturated heterocycles. The molecule has 0 fully saturated rings. The summed E-state index contributed by atoms with van der Waals surface area (Å²) >= 11 is 0. The number of rotatable bonds is 33. The average Bonchev–Trinajstić information content (AvgIpc) is 2.98. The van der Waals surface area contributed by atoms with Crippen LogP contribution in [0.1, 0.15) is 181 Å². The molecule has 0 rings (SSSR count). The molecule has 0 aromatic rings. The number of carbonyl (C=O) groups is 2. The molecule has 0 saturated carbocycles. The maximum absolute atomic E-state index is 12.3. The predicted molar refractivity (Wildman–Crippen MR) is 179 cm³/mol. The summed E-state index contributed by atoms with van der Waals surface area (Å²) in [5, 5.41) is 0. The third kappa shape index (κ3) is 33.7. The first kappa shape index (κ1) is 42.8. The van der Waals surface area contributed by atoms with Gasteiger partial charge in [0.05, 0.1) is 6.61 Å². The summed E-state index contributed by atoms with van der Waals surface area (Å²) in [5.74, 6) is -0.889. The highest BCUT2D eigenvalue weighted by molar-refractivity contribution is 7.46. The SMILES string of the molecule is CCCCCCCC/C=C\CCCCCCCCCCCC(=O)OC(COC(=O)CCCCCCCCC)COP(=O)(O)O. The Labute approximate surface area is 269 Å². The van der Waals surface area contributed by atoms with E-state index in [4.69, 9.17) is 19.3 Å². The summed E-state index contributed by atoms with van der Waals surface area (Å²) < 4.78 is 26.2. The second kappa shape index (κ2) is 31.8. The fourth-order valence-electron chi connectivity index (χ4n) is 5.07. The topological polar surface area (TPSA) is 119 Å². The highest BCUT2D eigenvalue weighted by atomic mass is 31.2. The summed E-state index contributed by atoms with van der Waals surface area (Å²) in [6, 6.07) is 0. The van der Waals surface area contributed by atoms with Crippen LogP contribution in [0, 0.1) is 0 Å². The van der Waals surface area contributed by atoms with Gasteiger partial charge in [-0.1, -0.05) is 142 Å². The molecule has 0 radical (unpaired) electrons. The van der Waals surface area contributed by atoms with Gasteiger partial charge >= 0.3 is 19.8 Å². The third-order valence-electron chi connectivity index (χ3n) is 7.78. The third-order valence-corrected chi connectivity index (χ3v) is 8.27. The van der Waals surface area contributed by atoms with Crippen LogP contribution < -0.4 is 0 Å². The number of allylic oxidation sites excluding steroid dienone is 2. The molecular weight excluding hydrogens is 579 g/mol. The van der Waals surface area contributed by atoms with Gasteiger partial charge < -0.3 is 19.3 Å². The summed E-state index contributed by atoms with van der Waals surface area (Å²) in [6.45, 7) is 3.62. The summed E-state index contributed by atoms with van der Waals surface area (Å²) in [5.41, 5.74) is 0. The lowest BCUT2D eigenvalue weighted by Gasteiger charge is -2.18. The number of unbranched alkanes of at least 4 members (excludes halogenated alkanes) is 21. The van der Waals surface area contributed by atoms with E-state index in [-0.39, 0.29) is 19.4 Å². The molecule has 0 aromatic carbocycles. The summed E-state index contributed by atoms with van der Waals surface area (Å²) in [4.78, 5) is 42.4. The fourth-order valence-corrected chi connectivity index (χ4v) is 5.43. The first-order chi connectivity index (χ1) is 21.3. The Morgan fingerprint density at radius 2 is 0.955 bits per heavy atom. The average molecular weight is 647 g/mol. The van der Waals surface area contributed by atoms with E-state index in [1.54, 1.807) is 0 Å². The van der Waals surface area contributed by atoms with Crippen molar-refractivity contribution in [3.8, 4) is 0 Å². The van der Waals surface area contributed by atoms with Crippen LogP contribution in [0.5, 0.6) is 0 Å². The van der Waals surface area contributed by atoms with Crippen molar-refractivity contribution in [1.82, 2.24) is 0 Å². The van der Waals surface area contributed by atoms with Gasteiger partial charge in [-0.05, 0) is 38.5 Å². The van der Waals surface area contributed by atoms with Crippen molar-refractivity contribution in [3.05, 3.63) is 12.2 Å². The largest absolute Gasteiger partial charge is 0.469 e. The number of esters is 2. The van der Waals surface area contributed by atoms with Crippen LogP contribution in [0.4, 0.5) is 0 Å². The maximum atomic E-state index is 12.3. The van der Waals surface area contributed by atoms with E-state index in [0.29, 0.717) is 6.42 Å². The molecule has 0 bridgehead atoms. The lowest BCUT2D eigenvalue weighted by atomic mass is 10.1. The van der Waals surface area contributed by atoms with Crippen molar-refractivity contribution >= 4 is 19.8 Å². The van der Waals surface area contributed by atoms with Crippen molar-refractivity contribution in [2.45, 2.75) is 187 Å². The van der Waals surface area contributed by atoms with Crippen molar-refractivity contribution in [3.63, 3.8) is 0 Å². The molecule has 260 valence electrons.